The first kappa shape index (κ1) is 42.2. The summed E-state index contributed by atoms with van der Waals surface area (Å²) in [5.41, 5.74) is 0.679. The summed E-state index contributed by atoms with van der Waals surface area (Å²) in [7, 11) is 0. The highest BCUT2D eigenvalue weighted by atomic mass is 16.6. The molecule has 51 heavy (non-hydrogen) atoms. The average Bonchev–Trinajstić information content (AvgIpc) is 3.02. The van der Waals surface area contributed by atoms with Gasteiger partial charge in [0.05, 0.1) is 0 Å². The Bertz CT molecular complexity index is 1460. The third kappa shape index (κ3) is 16.1. The minimum absolute atomic E-state index is 0.0336. The number of carboxylic acid groups (broad SMARTS) is 1. The number of carboxylic acids is 1. The quantitative estimate of drug-likeness (QED) is 0.135. The van der Waals surface area contributed by atoms with Crippen molar-refractivity contribution in [2.45, 2.75) is 117 Å². The molecular weight excluding hydrogens is 654 g/mol. The molecule has 13 heteroatoms. The number of hydrogen-bond acceptors (Lipinski definition) is 7. The maximum absolute atomic E-state index is 13.9. The second-order valence-electron chi connectivity index (χ2n) is 14.6. The van der Waals surface area contributed by atoms with E-state index in [2.05, 4.69) is 26.6 Å². The SMILES string of the molecule is CC(C)C[C@@H](NC(=O)[C@H](C)NC(=O)OC(C)(C)C)C(=O)N[C@@H](Cc1ccccc1)C(=O)N[C@H](CC(C)C)C(=O)N[C@@H](Cc1ccccc1)C(=O)O. The summed E-state index contributed by atoms with van der Waals surface area (Å²) in [6.07, 6.45) is -0.238. The summed E-state index contributed by atoms with van der Waals surface area (Å²) in [5, 5.41) is 23.1. The fourth-order valence-electron chi connectivity index (χ4n) is 5.18. The Labute approximate surface area is 301 Å². The maximum Gasteiger partial charge on any atom is 0.408 e. The maximum atomic E-state index is 13.9. The van der Waals surface area contributed by atoms with Gasteiger partial charge in [-0.1, -0.05) is 88.4 Å². The lowest BCUT2D eigenvalue weighted by molar-refractivity contribution is -0.142. The van der Waals surface area contributed by atoms with Gasteiger partial charge in [-0.15, -0.1) is 0 Å². The van der Waals surface area contributed by atoms with E-state index >= 15 is 0 Å². The van der Waals surface area contributed by atoms with Crippen LogP contribution in [0.1, 0.15) is 79.4 Å². The number of benzene rings is 2. The molecule has 0 aromatic heterocycles. The van der Waals surface area contributed by atoms with E-state index in [1.807, 2.05) is 33.8 Å². The Morgan fingerprint density at radius 1 is 0.569 bits per heavy atom. The minimum atomic E-state index is -1.24. The average molecular weight is 710 g/mol. The molecule has 0 unspecified atom stereocenters. The predicted octanol–water partition coefficient (Wildman–Crippen LogP) is 3.50. The van der Waals surface area contributed by atoms with Gasteiger partial charge in [-0.05, 0) is 63.5 Å². The van der Waals surface area contributed by atoms with E-state index in [0.29, 0.717) is 0 Å². The zero-order valence-corrected chi connectivity index (χ0v) is 30.9. The molecule has 0 aliphatic carbocycles. The summed E-state index contributed by atoms with van der Waals surface area (Å²) in [5.74, 6) is -3.88. The lowest BCUT2D eigenvalue weighted by Crippen LogP contribution is -2.59. The summed E-state index contributed by atoms with van der Waals surface area (Å²) in [6, 6.07) is 12.3. The van der Waals surface area contributed by atoms with E-state index in [4.69, 9.17) is 4.74 Å². The van der Waals surface area contributed by atoms with Crippen molar-refractivity contribution in [2.24, 2.45) is 11.8 Å². The Morgan fingerprint density at radius 3 is 1.35 bits per heavy atom. The normalized spacial score (nSPS) is 14.3. The van der Waals surface area contributed by atoms with Crippen LogP contribution in [0.15, 0.2) is 60.7 Å². The van der Waals surface area contributed by atoms with Crippen LogP contribution < -0.4 is 26.6 Å². The molecule has 2 rings (SSSR count). The Morgan fingerprint density at radius 2 is 0.941 bits per heavy atom. The van der Waals surface area contributed by atoms with Gasteiger partial charge in [0.15, 0.2) is 0 Å². The second kappa shape index (κ2) is 20.0. The number of hydrogen-bond donors (Lipinski definition) is 6. The predicted molar refractivity (Wildman–Crippen MR) is 193 cm³/mol. The molecule has 13 nitrogen and oxygen atoms in total. The van der Waals surface area contributed by atoms with Crippen molar-refractivity contribution in [2.75, 3.05) is 0 Å². The van der Waals surface area contributed by atoms with Crippen LogP contribution in [-0.4, -0.2) is 76.6 Å². The first-order valence-corrected chi connectivity index (χ1v) is 17.4. The zero-order valence-electron chi connectivity index (χ0n) is 30.9. The van der Waals surface area contributed by atoms with E-state index in [0.717, 1.165) is 11.1 Å². The number of rotatable bonds is 18. The summed E-state index contributed by atoms with van der Waals surface area (Å²) < 4.78 is 5.23. The van der Waals surface area contributed by atoms with Crippen molar-refractivity contribution in [3.63, 3.8) is 0 Å². The van der Waals surface area contributed by atoms with Crippen molar-refractivity contribution >= 4 is 35.7 Å². The Kier molecular flexibility index (Phi) is 16.6. The van der Waals surface area contributed by atoms with E-state index in [1.165, 1.54) is 6.92 Å². The van der Waals surface area contributed by atoms with Crippen LogP contribution in [0.4, 0.5) is 4.79 Å². The first-order chi connectivity index (χ1) is 23.8. The third-order valence-electron chi connectivity index (χ3n) is 7.62. The number of aliphatic carboxylic acids is 1. The Balaban J connectivity index is 2.29. The number of amides is 5. The molecule has 5 amide bonds. The number of carbonyl (C=O) groups excluding carboxylic acids is 5. The highest BCUT2D eigenvalue weighted by molar-refractivity contribution is 5.96. The van der Waals surface area contributed by atoms with Gasteiger partial charge >= 0.3 is 12.1 Å². The summed E-state index contributed by atoms with van der Waals surface area (Å²) >= 11 is 0. The lowest BCUT2D eigenvalue weighted by atomic mass is 9.99. The Hall–Kier alpha value is -4.94. The second-order valence-corrected chi connectivity index (χ2v) is 14.6. The molecule has 2 aromatic carbocycles. The number of alkyl carbamates (subject to hydrolysis) is 1. The molecule has 0 aliphatic rings. The summed E-state index contributed by atoms with van der Waals surface area (Å²) in [4.78, 5) is 78.7. The van der Waals surface area contributed by atoms with Crippen LogP contribution in [0.25, 0.3) is 0 Å². The van der Waals surface area contributed by atoms with E-state index in [1.54, 1.807) is 75.4 Å². The van der Waals surface area contributed by atoms with Crippen molar-refractivity contribution in [1.82, 2.24) is 26.6 Å². The van der Waals surface area contributed by atoms with Gasteiger partial charge in [0.1, 0.15) is 35.8 Å². The van der Waals surface area contributed by atoms with Crippen molar-refractivity contribution in [3.8, 4) is 0 Å². The van der Waals surface area contributed by atoms with Crippen LogP contribution in [0.3, 0.4) is 0 Å². The number of nitrogens with one attached hydrogen (secondary N) is 5. The standard InChI is InChI=1S/C38H55N5O8/c1-23(2)19-28(40-32(44)25(5)39-37(50)51-38(6,7)8)33(45)42-30(21-26-15-11-9-12-16-26)35(47)41-29(20-24(3)4)34(46)43-31(36(48)49)22-27-17-13-10-14-18-27/h9-18,23-25,28-31H,19-22H2,1-8H3,(H,39,50)(H,40,44)(H,41,47)(H,42,45)(H,43,46)(H,48,49)/t25-,28+,29+,30-,31-/m0/s1. The van der Waals surface area contributed by atoms with Gasteiger partial charge in [-0.3, -0.25) is 19.2 Å². The topological polar surface area (TPSA) is 192 Å². The molecule has 0 aliphatic heterocycles. The molecule has 6 N–H and O–H groups in total. The van der Waals surface area contributed by atoms with E-state index in [-0.39, 0.29) is 37.5 Å². The first-order valence-electron chi connectivity index (χ1n) is 17.4. The highest BCUT2D eigenvalue weighted by Crippen LogP contribution is 2.12. The summed E-state index contributed by atoms with van der Waals surface area (Å²) in [6.45, 7) is 14.0. The fraction of sp³-hybridized carbons (Fsp3) is 0.526. The van der Waals surface area contributed by atoms with Gasteiger partial charge < -0.3 is 36.4 Å². The molecule has 2 aromatic rings. The van der Waals surface area contributed by atoms with E-state index < -0.39 is 71.5 Å². The molecule has 0 radical (unpaired) electrons. The van der Waals surface area contributed by atoms with Crippen LogP contribution in [0.2, 0.25) is 0 Å². The molecule has 0 saturated heterocycles. The number of carbonyl (C=O) groups is 6. The molecule has 0 bridgehead atoms. The van der Waals surface area contributed by atoms with Gasteiger partial charge in [-0.2, -0.15) is 0 Å². The molecular formula is C38H55N5O8. The third-order valence-corrected chi connectivity index (χ3v) is 7.62. The largest absolute Gasteiger partial charge is 0.480 e. The molecule has 0 heterocycles. The smallest absolute Gasteiger partial charge is 0.408 e. The van der Waals surface area contributed by atoms with Crippen LogP contribution >= 0.6 is 0 Å². The van der Waals surface area contributed by atoms with Crippen LogP contribution in [0.5, 0.6) is 0 Å². The van der Waals surface area contributed by atoms with Crippen molar-refractivity contribution in [3.05, 3.63) is 71.8 Å². The molecule has 0 fully saturated rings. The highest BCUT2D eigenvalue weighted by Gasteiger charge is 2.33. The van der Waals surface area contributed by atoms with Gasteiger partial charge in [0, 0.05) is 12.8 Å². The van der Waals surface area contributed by atoms with Crippen molar-refractivity contribution < 1.29 is 38.6 Å². The molecule has 5 atom stereocenters. The molecule has 0 saturated carbocycles. The fourth-order valence-corrected chi connectivity index (χ4v) is 5.18. The number of ether oxygens (including phenoxy) is 1. The minimum Gasteiger partial charge on any atom is -0.480 e. The van der Waals surface area contributed by atoms with Gasteiger partial charge in [0.2, 0.25) is 23.6 Å². The van der Waals surface area contributed by atoms with Crippen LogP contribution in [0, 0.1) is 11.8 Å². The lowest BCUT2D eigenvalue weighted by Gasteiger charge is -2.28. The monoisotopic (exact) mass is 709 g/mol. The van der Waals surface area contributed by atoms with Gasteiger partial charge in [-0.25, -0.2) is 9.59 Å². The van der Waals surface area contributed by atoms with Crippen molar-refractivity contribution in [1.29, 1.82) is 0 Å². The zero-order chi connectivity index (χ0) is 38.3. The van der Waals surface area contributed by atoms with Crippen LogP contribution in [-0.2, 0) is 41.6 Å². The van der Waals surface area contributed by atoms with Gasteiger partial charge in [0.25, 0.3) is 0 Å². The molecule has 280 valence electrons. The molecule has 0 spiro atoms. The van der Waals surface area contributed by atoms with E-state index in [9.17, 15) is 33.9 Å².